The van der Waals surface area contributed by atoms with E-state index in [0.29, 0.717) is 17.9 Å². The van der Waals surface area contributed by atoms with Crippen LogP contribution in [-0.4, -0.2) is 30.6 Å². The monoisotopic (exact) mass is 268 g/mol. The fourth-order valence-electron chi connectivity index (χ4n) is 2.15. The highest BCUT2D eigenvalue weighted by Gasteiger charge is 2.12. The van der Waals surface area contributed by atoms with Crippen LogP contribution in [0.5, 0.6) is 0 Å². The fraction of sp³-hybridized carbons (Fsp3) is 0.143. The third kappa shape index (κ3) is 2.11. The number of aryl methyl sites for hydroxylation is 1. The summed E-state index contributed by atoms with van der Waals surface area (Å²) in [7, 11) is 0. The van der Waals surface area contributed by atoms with Gasteiger partial charge in [0.15, 0.2) is 0 Å². The van der Waals surface area contributed by atoms with Crippen molar-refractivity contribution in [2.45, 2.75) is 13.5 Å². The number of carboxylic acid groups (broad SMARTS) is 1. The van der Waals surface area contributed by atoms with E-state index in [-0.39, 0.29) is 5.56 Å². The van der Waals surface area contributed by atoms with E-state index in [1.165, 1.54) is 0 Å². The van der Waals surface area contributed by atoms with Gasteiger partial charge in [0.2, 0.25) is 0 Å². The SMILES string of the molecule is Cc1nccc(Cn2cnc3c(C(=O)O)cccc32)n1. The van der Waals surface area contributed by atoms with Crippen molar-refractivity contribution in [1.82, 2.24) is 19.5 Å². The number of imidazole rings is 1. The summed E-state index contributed by atoms with van der Waals surface area (Å²) in [5.74, 6) is -0.267. The first-order valence-electron chi connectivity index (χ1n) is 6.11. The van der Waals surface area contributed by atoms with Gasteiger partial charge in [-0.1, -0.05) is 6.07 Å². The van der Waals surface area contributed by atoms with Crippen LogP contribution in [0.3, 0.4) is 0 Å². The number of hydrogen-bond donors (Lipinski definition) is 1. The van der Waals surface area contributed by atoms with Crippen molar-refractivity contribution < 1.29 is 9.90 Å². The highest BCUT2D eigenvalue weighted by Crippen LogP contribution is 2.18. The van der Waals surface area contributed by atoms with Gasteiger partial charge in [-0.2, -0.15) is 0 Å². The lowest BCUT2D eigenvalue weighted by molar-refractivity contribution is 0.0699. The molecule has 0 bridgehead atoms. The zero-order valence-electron chi connectivity index (χ0n) is 10.8. The Morgan fingerprint density at radius 1 is 1.30 bits per heavy atom. The highest BCUT2D eigenvalue weighted by molar-refractivity contribution is 6.00. The Morgan fingerprint density at radius 2 is 2.15 bits per heavy atom. The normalized spacial score (nSPS) is 10.8. The molecule has 3 aromatic rings. The summed E-state index contributed by atoms with van der Waals surface area (Å²) in [5, 5.41) is 9.15. The standard InChI is InChI=1S/C14H12N4O2/c1-9-15-6-5-10(17-9)7-18-8-16-13-11(14(19)20)3-2-4-12(13)18/h2-6,8H,7H2,1H3,(H,19,20). The van der Waals surface area contributed by atoms with Crippen LogP contribution in [0, 0.1) is 6.92 Å². The van der Waals surface area contributed by atoms with E-state index in [1.54, 1.807) is 24.7 Å². The van der Waals surface area contributed by atoms with Crippen LogP contribution in [0.25, 0.3) is 11.0 Å². The van der Waals surface area contributed by atoms with Crippen LogP contribution in [0.2, 0.25) is 0 Å². The maximum absolute atomic E-state index is 11.2. The molecule has 0 atom stereocenters. The number of aromatic carboxylic acids is 1. The van der Waals surface area contributed by atoms with Crippen LogP contribution in [0.15, 0.2) is 36.8 Å². The average Bonchev–Trinajstić information content (AvgIpc) is 2.82. The van der Waals surface area contributed by atoms with Crippen molar-refractivity contribution in [2.75, 3.05) is 0 Å². The van der Waals surface area contributed by atoms with Gasteiger partial charge in [0, 0.05) is 6.20 Å². The molecule has 0 radical (unpaired) electrons. The van der Waals surface area contributed by atoms with Gasteiger partial charge in [-0.15, -0.1) is 0 Å². The van der Waals surface area contributed by atoms with Crippen LogP contribution in [-0.2, 0) is 6.54 Å². The number of benzene rings is 1. The van der Waals surface area contributed by atoms with E-state index < -0.39 is 5.97 Å². The second-order valence-electron chi connectivity index (χ2n) is 4.45. The van der Waals surface area contributed by atoms with Crippen molar-refractivity contribution in [3.05, 3.63) is 53.9 Å². The highest BCUT2D eigenvalue weighted by atomic mass is 16.4. The van der Waals surface area contributed by atoms with E-state index in [9.17, 15) is 4.79 Å². The lowest BCUT2D eigenvalue weighted by Gasteiger charge is -2.04. The summed E-state index contributed by atoms with van der Waals surface area (Å²) in [6.07, 6.45) is 3.34. The van der Waals surface area contributed by atoms with Gasteiger partial charge in [-0.3, -0.25) is 0 Å². The molecule has 1 aromatic carbocycles. The first kappa shape index (κ1) is 12.3. The average molecular weight is 268 g/mol. The van der Waals surface area contributed by atoms with E-state index in [4.69, 9.17) is 5.11 Å². The zero-order valence-corrected chi connectivity index (χ0v) is 10.8. The van der Waals surface area contributed by atoms with Crippen LogP contribution >= 0.6 is 0 Å². The van der Waals surface area contributed by atoms with Crippen molar-refractivity contribution >= 4 is 17.0 Å². The minimum absolute atomic E-state index is 0.208. The summed E-state index contributed by atoms with van der Waals surface area (Å²) in [4.78, 5) is 23.7. The molecule has 0 spiro atoms. The van der Waals surface area contributed by atoms with E-state index in [2.05, 4.69) is 15.0 Å². The number of carboxylic acids is 1. The van der Waals surface area contributed by atoms with Crippen molar-refractivity contribution in [3.63, 3.8) is 0 Å². The zero-order chi connectivity index (χ0) is 14.1. The molecule has 6 heteroatoms. The van der Waals surface area contributed by atoms with Gasteiger partial charge < -0.3 is 9.67 Å². The van der Waals surface area contributed by atoms with Crippen molar-refractivity contribution in [2.24, 2.45) is 0 Å². The number of fused-ring (bicyclic) bond motifs is 1. The van der Waals surface area contributed by atoms with Gasteiger partial charge in [0.05, 0.1) is 29.6 Å². The molecule has 1 N–H and O–H groups in total. The third-order valence-corrected chi connectivity index (χ3v) is 3.05. The minimum atomic E-state index is -0.973. The molecule has 0 unspecified atom stereocenters. The third-order valence-electron chi connectivity index (χ3n) is 3.05. The molecule has 2 aromatic heterocycles. The largest absolute Gasteiger partial charge is 0.478 e. The van der Waals surface area contributed by atoms with E-state index in [0.717, 1.165) is 11.2 Å². The summed E-state index contributed by atoms with van der Waals surface area (Å²) in [6, 6.07) is 6.95. The number of rotatable bonds is 3. The Bertz CT molecular complexity index is 795. The molecule has 0 aliphatic heterocycles. The maximum atomic E-state index is 11.2. The predicted molar refractivity (Wildman–Crippen MR) is 72.6 cm³/mol. The quantitative estimate of drug-likeness (QED) is 0.784. The number of nitrogens with zero attached hydrogens (tertiary/aromatic N) is 4. The molecular weight excluding hydrogens is 256 g/mol. The summed E-state index contributed by atoms with van der Waals surface area (Å²) in [6.45, 7) is 2.36. The molecule has 0 aliphatic rings. The van der Waals surface area contributed by atoms with Gasteiger partial charge >= 0.3 is 5.97 Å². The smallest absolute Gasteiger partial charge is 0.337 e. The molecule has 0 saturated carbocycles. The topological polar surface area (TPSA) is 80.9 Å². The van der Waals surface area contributed by atoms with Gasteiger partial charge in [0.25, 0.3) is 0 Å². The Balaban J connectivity index is 2.05. The van der Waals surface area contributed by atoms with Crippen LogP contribution < -0.4 is 0 Å². The minimum Gasteiger partial charge on any atom is -0.478 e. The second kappa shape index (κ2) is 4.73. The molecule has 6 nitrogen and oxygen atoms in total. The Morgan fingerprint density at radius 3 is 2.90 bits per heavy atom. The number of hydrogen-bond acceptors (Lipinski definition) is 4. The predicted octanol–water partition coefficient (Wildman–Crippen LogP) is 1.88. The van der Waals surface area contributed by atoms with Gasteiger partial charge in [-0.25, -0.2) is 19.7 Å². The Hall–Kier alpha value is -2.76. The van der Waals surface area contributed by atoms with E-state index in [1.807, 2.05) is 23.6 Å². The summed E-state index contributed by atoms with van der Waals surface area (Å²) in [5.41, 5.74) is 2.34. The Labute approximate surface area is 114 Å². The second-order valence-corrected chi connectivity index (χ2v) is 4.45. The Kier molecular flexibility index (Phi) is 2.90. The van der Waals surface area contributed by atoms with Gasteiger partial charge in [0.1, 0.15) is 11.3 Å². The number of aromatic nitrogens is 4. The fourth-order valence-corrected chi connectivity index (χ4v) is 2.15. The molecule has 0 fully saturated rings. The van der Waals surface area contributed by atoms with Crippen LogP contribution in [0.4, 0.5) is 0 Å². The summed E-state index contributed by atoms with van der Waals surface area (Å²) < 4.78 is 1.88. The number of carbonyl (C=O) groups is 1. The van der Waals surface area contributed by atoms with Crippen molar-refractivity contribution in [1.29, 1.82) is 0 Å². The maximum Gasteiger partial charge on any atom is 0.337 e. The first-order valence-corrected chi connectivity index (χ1v) is 6.11. The number of para-hydroxylation sites is 1. The molecule has 0 saturated heterocycles. The lowest BCUT2D eigenvalue weighted by atomic mass is 10.2. The molecule has 3 rings (SSSR count). The molecular formula is C14H12N4O2. The molecule has 20 heavy (non-hydrogen) atoms. The molecule has 100 valence electrons. The van der Waals surface area contributed by atoms with Crippen molar-refractivity contribution in [3.8, 4) is 0 Å². The lowest BCUT2D eigenvalue weighted by Crippen LogP contribution is -2.02. The van der Waals surface area contributed by atoms with E-state index >= 15 is 0 Å². The first-order chi connectivity index (χ1) is 9.65. The van der Waals surface area contributed by atoms with Crippen LogP contribution in [0.1, 0.15) is 21.9 Å². The molecule has 0 aliphatic carbocycles. The van der Waals surface area contributed by atoms with Gasteiger partial charge in [-0.05, 0) is 25.1 Å². The molecule has 2 heterocycles. The summed E-state index contributed by atoms with van der Waals surface area (Å²) >= 11 is 0. The molecule has 0 amide bonds.